The van der Waals surface area contributed by atoms with Gasteiger partial charge in [-0.1, -0.05) is 11.6 Å². The van der Waals surface area contributed by atoms with Crippen LogP contribution in [0.4, 0.5) is 0 Å². The van der Waals surface area contributed by atoms with Crippen molar-refractivity contribution in [1.82, 2.24) is 0 Å². The zero-order valence-corrected chi connectivity index (χ0v) is 8.50. The van der Waals surface area contributed by atoms with Crippen LogP contribution >= 0.6 is 23.4 Å². The van der Waals surface area contributed by atoms with E-state index in [1.54, 1.807) is 17.8 Å². The summed E-state index contributed by atoms with van der Waals surface area (Å²) in [5.41, 5.74) is 1.67. The first-order valence-corrected chi connectivity index (χ1v) is 5.08. The van der Waals surface area contributed by atoms with E-state index in [2.05, 4.69) is 0 Å². The Morgan fingerprint density at radius 3 is 2.67 bits per heavy atom. The Morgan fingerprint density at radius 2 is 2.17 bits per heavy atom. The number of carbonyl (C=O) groups is 1. The van der Waals surface area contributed by atoms with Crippen molar-refractivity contribution in [3.63, 3.8) is 0 Å². The van der Waals surface area contributed by atoms with E-state index in [0.29, 0.717) is 10.6 Å². The fourth-order valence-electron chi connectivity index (χ4n) is 1.01. The topological polar surface area (TPSA) is 17.1 Å². The van der Waals surface area contributed by atoms with E-state index in [4.69, 9.17) is 11.6 Å². The van der Waals surface area contributed by atoms with Crippen molar-refractivity contribution in [3.8, 4) is 0 Å². The molecule has 0 atom stereocenters. The molecule has 0 aliphatic carbocycles. The van der Waals surface area contributed by atoms with Crippen LogP contribution in [-0.4, -0.2) is 12.5 Å². The second kappa shape index (κ2) is 3.97. The normalized spacial score (nSPS) is 9.92. The lowest BCUT2D eigenvalue weighted by Gasteiger charge is -2.05. The van der Waals surface area contributed by atoms with Crippen LogP contribution in [0.3, 0.4) is 0 Å². The molecule has 0 aliphatic rings. The van der Waals surface area contributed by atoms with Gasteiger partial charge in [-0.3, -0.25) is 4.79 Å². The molecule has 3 heteroatoms. The van der Waals surface area contributed by atoms with Crippen LogP contribution in [-0.2, 0) is 0 Å². The zero-order valence-electron chi connectivity index (χ0n) is 6.93. The van der Waals surface area contributed by atoms with Gasteiger partial charge < -0.3 is 0 Å². The van der Waals surface area contributed by atoms with Crippen LogP contribution < -0.4 is 0 Å². The van der Waals surface area contributed by atoms with Crippen LogP contribution in [0.5, 0.6) is 0 Å². The second-order valence-corrected chi connectivity index (χ2v) is 3.72. The Hall–Kier alpha value is -0.470. The molecule has 0 fully saturated rings. The quantitative estimate of drug-likeness (QED) is 0.539. The summed E-state index contributed by atoms with van der Waals surface area (Å²) in [5.74, 6) is 0. The summed E-state index contributed by atoms with van der Waals surface area (Å²) in [7, 11) is 0. The van der Waals surface area contributed by atoms with Gasteiger partial charge in [0.2, 0.25) is 0 Å². The molecule has 1 aromatic carbocycles. The van der Waals surface area contributed by atoms with Crippen LogP contribution in [0.25, 0.3) is 0 Å². The van der Waals surface area contributed by atoms with Gasteiger partial charge in [-0.2, -0.15) is 0 Å². The van der Waals surface area contributed by atoms with E-state index in [1.165, 1.54) is 0 Å². The Balaban J connectivity index is 3.31. The van der Waals surface area contributed by atoms with Gasteiger partial charge in [-0.15, -0.1) is 11.8 Å². The van der Waals surface area contributed by atoms with Gasteiger partial charge in [0.1, 0.15) is 6.29 Å². The highest BCUT2D eigenvalue weighted by Gasteiger charge is 2.04. The first kappa shape index (κ1) is 9.62. The third-order valence-electron chi connectivity index (χ3n) is 1.71. The maximum absolute atomic E-state index is 10.6. The molecule has 64 valence electrons. The maximum atomic E-state index is 10.6. The van der Waals surface area contributed by atoms with E-state index >= 15 is 0 Å². The van der Waals surface area contributed by atoms with Gasteiger partial charge in [0.05, 0.1) is 0 Å². The first-order chi connectivity index (χ1) is 5.69. The number of hydrogen-bond donors (Lipinski definition) is 0. The van der Waals surface area contributed by atoms with Crippen LogP contribution in [0.1, 0.15) is 15.9 Å². The molecule has 0 unspecified atom stereocenters. The van der Waals surface area contributed by atoms with Gasteiger partial charge in [-0.25, -0.2) is 0 Å². The zero-order chi connectivity index (χ0) is 9.14. The highest BCUT2D eigenvalue weighted by Crippen LogP contribution is 2.26. The molecule has 0 saturated heterocycles. The molecule has 0 radical (unpaired) electrons. The molecular weight excluding hydrogens is 192 g/mol. The molecule has 0 amide bonds. The van der Waals surface area contributed by atoms with Crippen molar-refractivity contribution >= 4 is 29.6 Å². The lowest BCUT2D eigenvalue weighted by molar-refractivity contribution is 0.112. The van der Waals surface area contributed by atoms with Crippen LogP contribution in [0.15, 0.2) is 17.0 Å². The molecule has 0 spiro atoms. The molecule has 0 saturated carbocycles. The van der Waals surface area contributed by atoms with Crippen LogP contribution in [0, 0.1) is 6.92 Å². The molecular formula is C9H9ClOS. The number of benzene rings is 1. The van der Waals surface area contributed by atoms with Crippen LogP contribution in [0.2, 0.25) is 5.02 Å². The summed E-state index contributed by atoms with van der Waals surface area (Å²) in [6.07, 6.45) is 2.80. The largest absolute Gasteiger partial charge is 0.298 e. The highest BCUT2D eigenvalue weighted by atomic mass is 35.5. The minimum absolute atomic E-state index is 0.618. The molecule has 1 nitrogen and oxygen atoms in total. The number of hydrogen-bond acceptors (Lipinski definition) is 2. The summed E-state index contributed by atoms with van der Waals surface area (Å²) >= 11 is 7.40. The Bertz CT molecular complexity index is 310. The monoisotopic (exact) mass is 200 g/mol. The summed E-state index contributed by atoms with van der Waals surface area (Å²) in [6, 6.07) is 3.55. The molecule has 0 aliphatic heterocycles. The van der Waals surface area contributed by atoms with E-state index < -0.39 is 0 Å². The lowest BCUT2D eigenvalue weighted by Crippen LogP contribution is -1.88. The summed E-state index contributed by atoms with van der Waals surface area (Å²) in [6.45, 7) is 1.92. The smallest absolute Gasteiger partial charge is 0.150 e. The number of aldehydes is 1. The van der Waals surface area contributed by atoms with Crippen molar-refractivity contribution in [2.75, 3.05) is 6.26 Å². The Morgan fingerprint density at radius 1 is 1.50 bits per heavy atom. The van der Waals surface area contributed by atoms with Gasteiger partial charge >= 0.3 is 0 Å². The average molecular weight is 201 g/mol. The third-order valence-corrected chi connectivity index (χ3v) is 2.79. The fourth-order valence-corrected chi connectivity index (χ4v) is 1.97. The average Bonchev–Trinajstić information content (AvgIpc) is 2.08. The van der Waals surface area contributed by atoms with Gasteiger partial charge in [-0.05, 0) is 30.9 Å². The first-order valence-electron chi connectivity index (χ1n) is 3.48. The van der Waals surface area contributed by atoms with Crippen molar-refractivity contribution < 1.29 is 4.79 Å². The molecule has 0 bridgehead atoms. The van der Waals surface area contributed by atoms with Crippen molar-refractivity contribution in [1.29, 1.82) is 0 Å². The highest BCUT2D eigenvalue weighted by molar-refractivity contribution is 7.98. The minimum atomic E-state index is 0.618. The summed E-state index contributed by atoms with van der Waals surface area (Å²) in [4.78, 5) is 11.6. The third kappa shape index (κ3) is 1.82. The minimum Gasteiger partial charge on any atom is -0.298 e. The SMILES string of the molecule is CSc1cc(Cl)cc(C=O)c1C. The van der Waals surface area contributed by atoms with Gasteiger partial charge in [0.25, 0.3) is 0 Å². The molecule has 0 aromatic heterocycles. The standard InChI is InChI=1S/C9H9ClOS/c1-6-7(5-11)3-8(10)4-9(6)12-2/h3-5H,1-2H3. The molecule has 1 aromatic rings. The van der Waals surface area contributed by atoms with E-state index in [-0.39, 0.29) is 0 Å². The molecule has 1 rings (SSSR count). The number of thioether (sulfide) groups is 1. The van der Waals surface area contributed by atoms with E-state index in [0.717, 1.165) is 16.7 Å². The van der Waals surface area contributed by atoms with Crippen molar-refractivity contribution in [2.45, 2.75) is 11.8 Å². The maximum Gasteiger partial charge on any atom is 0.150 e. The van der Waals surface area contributed by atoms with Crippen molar-refractivity contribution in [2.24, 2.45) is 0 Å². The van der Waals surface area contributed by atoms with Gasteiger partial charge in [0.15, 0.2) is 0 Å². The molecule has 12 heavy (non-hydrogen) atoms. The Kier molecular flexibility index (Phi) is 3.18. The molecule has 0 heterocycles. The van der Waals surface area contributed by atoms with Crippen molar-refractivity contribution in [3.05, 3.63) is 28.3 Å². The predicted molar refractivity (Wildman–Crippen MR) is 53.4 cm³/mol. The number of carbonyl (C=O) groups excluding carboxylic acids is 1. The summed E-state index contributed by atoms with van der Waals surface area (Å²) < 4.78 is 0. The lowest BCUT2D eigenvalue weighted by atomic mass is 10.1. The number of rotatable bonds is 2. The molecule has 0 N–H and O–H groups in total. The van der Waals surface area contributed by atoms with Gasteiger partial charge in [0, 0.05) is 15.5 Å². The second-order valence-electron chi connectivity index (χ2n) is 2.44. The predicted octanol–water partition coefficient (Wildman–Crippen LogP) is 3.18. The number of halogens is 1. The summed E-state index contributed by atoms with van der Waals surface area (Å²) in [5, 5.41) is 0.618. The van der Waals surface area contributed by atoms with E-state index in [9.17, 15) is 4.79 Å². The Labute approximate surface area is 81.1 Å². The fraction of sp³-hybridized carbons (Fsp3) is 0.222. The van der Waals surface area contributed by atoms with E-state index in [1.807, 2.05) is 19.2 Å².